The molecule has 1 saturated heterocycles. The number of unbranched alkanes of at least 4 members (excludes halogenated alkanes) is 11. The van der Waals surface area contributed by atoms with Crippen LogP contribution < -0.4 is 5.73 Å². The molecule has 208 valence electrons. The number of ether oxygens (including phenoxy) is 2. The van der Waals surface area contributed by atoms with Crippen LogP contribution in [0.5, 0.6) is 0 Å². The lowest BCUT2D eigenvalue weighted by molar-refractivity contribution is -0.191. The molecule has 36 heavy (non-hydrogen) atoms. The molecular weight excluding hydrogens is 454 g/mol. The van der Waals surface area contributed by atoms with E-state index in [0.29, 0.717) is 19.3 Å². The van der Waals surface area contributed by atoms with Gasteiger partial charge in [0.2, 0.25) is 5.91 Å². The van der Waals surface area contributed by atoms with E-state index in [4.69, 9.17) is 15.2 Å². The average Bonchev–Trinajstić information content (AvgIpc) is 2.87. The van der Waals surface area contributed by atoms with Crippen LogP contribution >= 0.6 is 0 Å². The van der Waals surface area contributed by atoms with Gasteiger partial charge in [-0.05, 0) is 32.1 Å². The molecule has 0 radical (unpaired) electrons. The molecule has 0 spiro atoms. The van der Waals surface area contributed by atoms with Crippen LogP contribution in [0.4, 0.5) is 0 Å². The van der Waals surface area contributed by atoms with Gasteiger partial charge in [0.1, 0.15) is 12.2 Å². The standard InChI is InChI=1S/C30H53NO5/c1-3-5-7-9-10-11-12-13-14-18-23(22-27-26(30(34)36-27)21-15-8-6-4-2)35-29(33)25-20-17-16-19-24(25)28(31)32/h23-27H,3-22H2,1-2H3,(H2,31,32)/t23-,24?,25?,26-,27-/m0/s1. The Balaban J connectivity index is 1.86. The van der Waals surface area contributed by atoms with E-state index in [9.17, 15) is 14.4 Å². The number of hydrogen-bond donors (Lipinski definition) is 1. The molecule has 0 aromatic carbocycles. The van der Waals surface area contributed by atoms with Crippen LogP contribution in [0.15, 0.2) is 0 Å². The Morgan fingerprint density at radius 1 is 0.861 bits per heavy atom. The average molecular weight is 508 g/mol. The predicted molar refractivity (Wildman–Crippen MR) is 143 cm³/mol. The Labute approximate surface area is 219 Å². The van der Waals surface area contributed by atoms with Crippen LogP contribution in [0.3, 0.4) is 0 Å². The van der Waals surface area contributed by atoms with Crippen molar-refractivity contribution in [3.8, 4) is 0 Å². The van der Waals surface area contributed by atoms with Crippen molar-refractivity contribution in [3.63, 3.8) is 0 Å². The Morgan fingerprint density at radius 2 is 1.42 bits per heavy atom. The molecule has 0 aromatic heterocycles. The molecule has 2 unspecified atom stereocenters. The van der Waals surface area contributed by atoms with Crippen LogP contribution in [0.1, 0.15) is 142 Å². The minimum absolute atomic E-state index is 0.0702. The molecule has 6 nitrogen and oxygen atoms in total. The summed E-state index contributed by atoms with van der Waals surface area (Å²) in [7, 11) is 0. The van der Waals surface area contributed by atoms with Crippen LogP contribution in [-0.2, 0) is 23.9 Å². The van der Waals surface area contributed by atoms with E-state index >= 15 is 0 Å². The van der Waals surface area contributed by atoms with Gasteiger partial charge in [-0.3, -0.25) is 14.4 Å². The highest BCUT2D eigenvalue weighted by Gasteiger charge is 2.44. The number of cyclic esters (lactones) is 1. The fourth-order valence-electron chi connectivity index (χ4n) is 5.88. The van der Waals surface area contributed by atoms with Gasteiger partial charge in [0, 0.05) is 6.42 Å². The summed E-state index contributed by atoms with van der Waals surface area (Å²) < 4.78 is 11.6. The van der Waals surface area contributed by atoms with Gasteiger partial charge in [0.25, 0.3) is 0 Å². The van der Waals surface area contributed by atoms with E-state index in [1.54, 1.807) is 0 Å². The molecular formula is C30H53NO5. The van der Waals surface area contributed by atoms with Gasteiger partial charge in [-0.25, -0.2) is 0 Å². The van der Waals surface area contributed by atoms with E-state index in [1.807, 2.05) is 0 Å². The molecule has 1 aliphatic carbocycles. The number of rotatable bonds is 20. The molecule has 1 heterocycles. The molecule has 1 aliphatic heterocycles. The van der Waals surface area contributed by atoms with E-state index < -0.39 is 17.7 Å². The van der Waals surface area contributed by atoms with E-state index in [0.717, 1.165) is 51.4 Å². The number of hydrogen-bond acceptors (Lipinski definition) is 5. The zero-order valence-electron chi connectivity index (χ0n) is 23.1. The molecule has 6 heteroatoms. The third-order valence-corrected chi connectivity index (χ3v) is 8.23. The highest BCUT2D eigenvalue weighted by atomic mass is 16.6. The number of amides is 1. The molecule has 1 saturated carbocycles. The van der Waals surface area contributed by atoms with Gasteiger partial charge < -0.3 is 15.2 Å². The Hall–Kier alpha value is -1.59. The maximum absolute atomic E-state index is 13.1. The maximum Gasteiger partial charge on any atom is 0.313 e. The molecule has 2 N–H and O–H groups in total. The highest BCUT2D eigenvalue weighted by Crippen LogP contribution is 2.35. The fraction of sp³-hybridized carbons (Fsp3) is 0.900. The van der Waals surface area contributed by atoms with Gasteiger partial charge in [-0.2, -0.15) is 0 Å². The first kappa shape index (κ1) is 30.6. The van der Waals surface area contributed by atoms with Gasteiger partial charge in [0.15, 0.2) is 0 Å². The predicted octanol–water partition coefficient (Wildman–Crippen LogP) is 7.01. The van der Waals surface area contributed by atoms with Gasteiger partial charge >= 0.3 is 11.9 Å². The van der Waals surface area contributed by atoms with Gasteiger partial charge in [-0.1, -0.05) is 104 Å². The Kier molecular flexibility index (Phi) is 15.1. The van der Waals surface area contributed by atoms with Crippen molar-refractivity contribution < 1.29 is 23.9 Å². The van der Waals surface area contributed by atoms with E-state index in [-0.39, 0.29) is 30.1 Å². The van der Waals surface area contributed by atoms with E-state index in [1.165, 1.54) is 57.8 Å². The number of primary amides is 1. The number of carbonyl (C=O) groups is 3. The lowest BCUT2D eigenvalue weighted by atomic mass is 9.79. The zero-order valence-corrected chi connectivity index (χ0v) is 23.1. The summed E-state index contributed by atoms with van der Waals surface area (Å²) in [5.41, 5.74) is 5.60. The Morgan fingerprint density at radius 3 is 2.00 bits per heavy atom. The summed E-state index contributed by atoms with van der Waals surface area (Å²) in [6.07, 6.45) is 20.6. The third kappa shape index (κ3) is 10.8. The Bertz CT molecular complexity index is 651. The molecule has 0 bridgehead atoms. The van der Waals surface area contributed by atoms with Crippen LogP contribution in [-0.4, -0.2) is 30.1 Å². The van der Waals surface area contributed by atoms with Crippen molar-refractivity contribution >= 4 is 17.8 Å². The first-order chi connectivity index (χ1) is 17.5. The summed E-state index contributed by atoms with van der Waals surface area (Å²) >= 11 is 0. The second kappa shape index (κ2) is 17.8. The summed E-state index contributed by atoms with van der Waals surface area (Å²) in [6.45, 7) is 4.42. The third-order valence-electron chi connectivity index (χ3n) is 8.23. The first-order valence-electron chi connectivity index (χ1n) is 15.2. The zero-order chi connectivity index (χ0) is 26.2. The van der Waals surface area contributed by atoms with Crippen LogP contribution in [0.2, 0.25) is 0 Å². The quantitative estimate of drug-likeness (QED) is 0.141. The molecule has 2 fully saturated rings. The molecule has 0 aromatic rings. The van der Waals surface area contributed by atoms with Crippen LogP contribution in [0.25, 0.3) is 0 Å². The van der Waals surface area contributed by atoms with Crippen molar-refractivity contribution in [2.24, 2.45) is 23.5 Å². The van der Waals surface area contributed by atoms with Crippen molar-refractivity contribution in [2.45, 2.75) is 154 Å². The number of carbonyl (C=O) groups excluding carboxylic acids is 3. The lowest BCUT2D eigenvalue weighted by Gasteiger charge is -2.37. The largest absolute Gasteiger partial charge is 0.462 e. The van der Waals surface area contributed by atoms with Crippen molar-refractivity contribution in [3.05, 3.63) is 0 Å². The number of nitrogens with two attached hydrogens (primary N) is 1. The summed E-state index contributed by atoms with van der Waals surface area (Å²) in [5, 5.41) is 0. The number of esters is 2. The molecule has 1 amide bonds. The maximum atomic E-state index is 13.1. The normalized spacial score (nSPS) is 24.6. The molecule has 2 rings (SSSR count). The SMILES string of the molecule is CCCCCCCCCCC[C@@H](C[C@@H]1OC(=O)[C@H]1CCCCCC)OC(=O)C1CCCCC1C(N)=O. The second-order valence-corrected chi connectivity index (χ2v) is 11.2. The first-order valence-corrected chi connectivity index (χ1v) is 15.2. The summed E-state index contributed by atoms with van der Waals surface area (Å²) in [6, 6.07) is 0. The minimum atomic E-state index is -0.435. The summed E-state index contributed by atoms with van der Waals surface area (Å²) in [5.74, 6) is -1.72. The highest BCUT2D eigenvalue weighted by molar-refractivity contribution is 5.84. The second-order valence-electron chi connectivity index (χ2n) is 11.2. The van der Waals surface area contributed by atoms with E-state index in [2.05, 4.69) is 13.8 Å². The van der Waals surface area contributed by atoms with Crippen molar-refractivity contribution in [2.75, 3.05) is 0 Å². The van der Waals surface area contributed by atoms with Crippen LogP contribution in [0, 0.1) is 17.8 Å². The van der Waals surface area contributed by atoms with Gasteiger partial charge in [-0.15, -0.1) is 0 Å². The minimum Gasteiger partial charge on any atom is -0.462 e. The topological polar surface area (TPSA) is 95.7 Å². The van der Waals surface area contributed by atoms with Crippen molar-refractivity contribution in [1.82, 2.24) is 0 Å². The smallest absolute Gasteiger partial charge is 0.313 e. The lowest BCUT2D eigenvalue weighted by Crippen LogP contribution is -2.47. The molecule has 5 atom stereocenters. The molecule has 2 aliphatic rings. The van der Waals surface area contributed by atoms with Crippen molar-refractivity contribution in [1.29, 1.82) is 0 Å². The summed E-state index contributed by atoms with van der Waals surface area (Å²) in [4.78, 5) is 37.2. The van der Waals surface area contributed by atoms with Gasteiger partial charge in [0.05, 0.1) is 17.8 Å². The monoisotopic (exact) mass is 507 g/mol. The fourth-order valence-corrected chi connectivity index (χ4v) is 5.88.